The molecule has 0 fully saturated rings. The standard InChI is InChI=1S/C20H21NO3/c1-23-20-11-17(13-22)19(12-21-20)24-14-16-9-5-6-10-18(16)15-7-3-2-4-8-15/h2-4,7-8,11-13H,5-6,9-10,14H2,1H3. The van der Waals surface area contributed by atoms with E-state index in [1.165, 1.54) is 36.7 Å². The molecule has 1 aliphatic rings. The summed E-state index contributed by atoms with van der Waals surface area (Å²) in [7, 11) is 1.52. The molecule has 0 saturated carbocycles. The Labute approximate surface area is 142 Å². The van der Waals surface area contributed by atoms with Crippen LogP contribution in [0.2, 0.25) is 0 Å². The van der Waals surface area contributed by atoms with Gasteiger partial charge in [-0.05, 0) is 42.4 Å². The lowest BCUT2D eigenvalue weighted by Gasteiger charge is -2.21. The topological polar surface area (TPSA) is 48.4 Å². The fourth-order valence-corrected chi connectivity index (χ4v) is 3.04. The summed E-state index contributed by atoms with van der Waals surface area (Å²) in [6, 6.07) is 12.0. The highest BCUT2D eigenvalue weighted by Crippen LogP contribution is 2.33. The molecule has 1 aromatic carbocycles. The quantitative estimate of drug-likeness (QED) is 0.743. The molecule has 4 nitrogen and oxygen atoms in total. The monoisotopic (exact) mass is 323 g/mol. The number of nitrogens with zero attached hydrogens (tertiary/aromatic N) is 1. The van der Waals surface area contributed by atoms with Gasteiger partial charge in [0.25, 0.3) is 0 Å². The third-order valence-corrected chi connectivity index (χ3v) is 4.31. The maximum Gasteiger partial charge on any atom is 0.213 e. The van der Waals surface area contributed by atoms with E-state index >= 15 is 0 Å². The van der Waals surface area contributed by atoms with Crippen molar-refractivity contribution < 1.29 is 14.3 Å². The molecule has 1 aliphatic carbocycles. The van der Waals surface area contributed by atoms with Crippen LogP contribution in [0.25, 0.3) is 5.57 Å². The van der Waals surface area contributed by atoms with Crippen LogP contribution in [0.1, 0.15) is 41.6 Å². The van der Waals surface area contributed by atoms with E-state index < -0.39 is 0 Å². The van der Waals surface area contributed by atoms with E-state index in [1.54, 1.807) is 12.3 Å². The van der Waals surface area contributed by atoms with E-state index in [-0.39, 0.29) is 0 Å². The number of hydrogen-bond acceptors (Lipinski definition) is 4. The molecule has 3 rings (SSSR count). The van der Waals surface area contributed by atoms with E-state index in [0.29, 0.717) is 23.8 Å². The third kappa shape index (κ3) is 3.65. The Morgan fingerprint density at radius 3 is 2.71 bits per heavy atom. The van der Waals surface area contributed by atoms with Crippen LogP contribution in [-0.2, 0) is 0 Å². The van der Waals surface area contributed by atoms with Crippen molar-refractivity contribution >= 4 is 11.9 Å². The third-order valence-electron chi connectivity index (χ3n) is 4.31. The van der Waals surface area contributed by atoms with Gasteiger partial charge in [-0.1, -0.05) is 30.3 Å². The van der Waals surface area contributed by atoms with Crippen LogP contribution in [0.4, 0.5) is 0 Å². The molecule has 0 atom stereocenters. The molecule has 0 spiro atoms. The van der Waals surface area contributed by atoms with E-state index in [4.69, 9.17) is 9.47 Å². The first-order chi connectivity index (χ1) is 11.8. The number of benzene rings is 1. The molecule has 2 aromatic rings. The predicted molar refractivity (Wildman–Crippen MR) is 93.5 cm³/mol. The first kappa shape index (κ1) is 16.2. The van der Waals surface area contributed by atoms with Gasteiger partial charge in [-0.15, -0.1) is 0 Å². The average molecular weight is 323 g/mol. The molecule has 4 heteroatoms. The highest BCUT2D eigenvalue weighted by molar-refractivity contribution is 5.79. The zero-order valence-electron chi connectivity index (χ0n) is 13.8. The number of aldehydes is 1. The summed E-state index contributed by atoms with van der Waals surface area (Å²) in [6.07, 6.45) is 6.81. The van der Waals surface area contributed by atoms with Gasteiger partial charge in [0, 0.05) is 6.07 Å². The van der Waals surface area contributed by atoms with Crippen molar-refractivity contribution in [2.75, 3.05) is 13.7 Å². The molecule has 0 bridgehead atoms. The van der Waals surface area contributed by atoms with Gasteiger partial charge in [0.1, 0.15) is 12.4 Å². The average Bonchev–Trinajstić information content (AvgIpc) is 2.67. The van der Waals surface area contributed by atoms with E-state index in [9.17, 15) is 4.79 Å². The summed E-state index contributed by atoms with van der Waals surface area (Å²) < 4.78 is 11.0. The second kappa shape index (κ2) is 7.77. The van der Waals surface area contributed by atoms with Crippen LogP contribution in [-0.4, -0.2) is 25.0 Å². The summed E-state index contributed by atoms with van der Waals surface area (Å²) in [5, 5.41) is 0. The highest BCUT2D eigenvalue weighted by atomic mass is 16.5. The summed E-state index contributed by atoms with van der Waals surface area (Å²) in [5.41, 5.74) is 4.40. The van der Waals surface area contributed by atoms with Gasteiger partial charge in [0.2, 0.25) is 5.88 Å². The molecule has 0 N–H and O–H groups in total. The normalized spacial score (nSPS) is 14.4. The van der Waals surface area contributed by atoms with Crippen LogP contribution in [0.15, 0.2) is 48.2 Å². The minimum atomic E-state index is 0.409. The van der Waals surface area contributed by atoms with Gasteiger partial charge in [0.05, 0.1) is 18.9 Å². The number of carbonyl (C=O) groups is 1. The van der Waals surface area contributed by atoms with Gasteiger partial charge >= 0.3 is 0 Å². The van der Waals surface area contributed by atoms with E-state index in [1.807, 2.05) is 6.07 Å². The zero-order valence-corrected chi connectivity index (χ0v) is 13.8. The summed E-state index contributed by atoms with van der Waals surface area (Å²) >= 11 is 0. The van der Waals surface area contributed by atoms with Crippen molar-refractivity contribution in [1.29, 1.82) is 0 Å². The summed E-state index contributed by atoms with van der Waals surface area (Å²) in [4.78, 5) is 15.4. The Hall–Kier alpha value is -2.62. The highest BCUT2D eigenvalue weighted by Gasteiger charge is 2.16. The Balaban J connectivity index is 1.82. The second-order valence-electron chi connectivity index (χ2n) is 5.83. The molecule has 1 aromatic heterocycles. The van der Waals surface area contributed by atoms with E-state index in [2.05, 4.69) is 29.2 Å². The number of ether oxygens (including phenoxy) is 2. The number of allylic oxidation sites excluding steroid dienone is 1. The largest absolute Gasteiger partial charge is 0.487 e. The van der Waals surface area contributed by atoms with Gasteiger partial charge in [0.15, 0.2) is 6.29 Å². The SMILES string of the molecule is COc1cc(C=O)c(OCC2=C(c3ccccc3)CCCC2)cn1. The number of methoxy groups -OCH3 is 1. The summed E-state index contributed by atoms with van der Waals surface area (Å²) in [6.45, 7) is 0.485. The lowest BCUT2D eigenvalue weighted by molar-refractivity contribution is 0.111. The Morgan fingerprint density at radius 1 is 1.17 bits per heavy atom. The molecule has 0 radical (unpaired) electrons. The molecule has 0 unspecified atom stereocenters. The Morgan fingerprint density at radius 2 is 1.96 bits per heavy atom. The molecule has 0 saturated heterocycles. The minimum Gasteiger partial charge on any atom is -0.487 e. The first-order valence-corrected chi connectivity index (χ1v) is 8.20. The predicted octanol–water partition coefficient (Wildman–Crippen LogP) is 4.31. The number of rotatable bonds is 6. The molecule has 124 valence electrons. The van der Waals surface area contributed by atoms with Crippen molar-refractivity contribution in [2.24, 2.45) is 0 Å². The van der Waals surface area contributed by atoms with Crippen LogP contribution < -0.4 is 9.47 Å². The lowest BCUT2D eigenvalue weighted by atomic mass is 9.88. The van der Waals surface area contributed by atoms with Gasteiger partial charge in [-0.3, -0.25) is 4.79 Å². The summed E-state index contributed by atoms with van der Waals surface area (Å²) in [5.74, 6) is 0.905. The van der Waals surface area contributed by atoms with Crippen LogP contribution in [0.3, 0.4) is 0 Å². The van der Waals surface area contributed by atoms with Crippen LogP contribution in [0.5, 0.6) is 11.6 Å². The Kier molecular flexibility index (Phi) is 5.26. The lowest BCUT2D eigenvalue weighted by Crippen LogP contribution is -2.09. The van der Waals surface area contributed by atoms with Crippen LogP contribution in [0, 0.1) is 0 Å². The van der Waals surface area contributed by atoms with Crippen molar-refractivity contribution in [3.8, 4) is 11.6 Å². The number of carbonyl (C=O) groups excluding carboxylic acids is 1. The number of hydrogen-bond donors (Lipinski definition) is 0. The molecular weight excluding hydrogens is 302 g/mol. The smallest absolute Gasteiger partial charge is 0.213 e. The molecule has 1 heterocycles. The van der Waals surface area contributed by atoms with Crippen molar-refractivity contribution in [3.05, 3.63) is 59.3 Å². The van der Waals surface area contributed by atoms with E-state index in [0.717, 1.165) is 19.1 Å². The van der Waals surface area contributed by atoms with Gasteiger partial charge in [-0.25, -0.2) is 4.98 Å². The van der Waals surface area contributed by atoms with Crippen LogP contribution >= 0.6 is 0 Å². The maximum absolute atomic E-state index is 11.3. The number of pyridine rings is 1. The first-order valence-electron chi connectivity index (χ1n) is 8.20. The zero-order chi connectivity index (χ0) is 16.8. The Bertz CT molecular complexity index is 738. The molecule has 24 heavy (non-hydrogen) atoms. The second-order valence-corrected chi connectivity index (χ2v) is 5.83. The maximum atomic E-state index is 11.3. The van der Waals surface area contributed by atoms with Crippen molar-refractivity contribution in [1.82, 2.24) is 4.98 Å². The van der Waals surface area contributed by atoms with Gasteiger partial charge in [-0.2, -0.15) is 0 Å². The van der Waals surface area contributed by atoms with Gasteiger partial charge < -0.3 is 9.47 Å². The molecular formula is C20H21NO3. The fourth-order valence-electron chi connectivity index (χ4n) is 3.04. The molecule has 0 amide bonds. The minimum absolute atomic E-state index is 0.409. The molecule has 0 aliphatic heterocycles. The van der Waals surface area contributed by atoms with Crippen molar-refractivity contribution in [3.63, 3.8) is 0 Å². The number of aromatic nitrogens is 1. The van der Waals surface area contributed by atoms with Crippen molar-refractivity contribution in [2.45, 2.75) is 25.7 Å². The fraction of sp³-hybridized carbons (Fsp3) is 0.300.